The highest BCUT2D eigenvalue weighted by Gasteiger charge is 2.23. The second kappa shape index (κ2) is 6.52. The fourth-order valence-electron chi connectivity index (χ4n) is 2.13. The van der Waals surface area contributed by atoms with Crippen LogP contribution in [0, 0.1) is 13.8 Å². The molecule has 1 saturated heterocycles. The Morgan fingerprint density at radius 2 is 2.15 bits per heavy atom. The molecule has 2 rings (SSSR count). The van der Waals surface area contributed by atoms with E-state index in [0.717, 1.165) is 29.7 Å². The summed E-state index contributed by atoms with van der Waals surface area (Å²) in [5.41, 5.74) is 2.85. The molecule has 5 heteroatoms. The molecule has 20 heavy (non-hydrogen) atoms. The van der Waals surface area contributed by atoms with Gasteiger partial charge in [-0.05, 0) is 43.9 Å². The SMILES string of the molecule is Cc1ccc(C)c(NC(=O)CNC(=O)C2CCCO2)c1. The molecule has 2 amide bonds. The lowest BCUT2D eigenvalue weighted by atomic mass is 10.1. The van der Waals surface area contributed by atoms with Crippen LogP contribution in [0.25, 0.3) is 0 Å². The third-order valence-corrected chi connectivity index (χ3v) is 3.31. The lowest BCUT2D eigenvalue weighted by Gasteiger charge is -2.12. The van der Waals surface area contributed by atoms with Gasteiger partial charge in [-0.15, -0.1) is 0 Å². The highest BCUT2D eigenvalue weighted by molar-refractivity contribution is 5.95. The third kappa shape index (κ3) is 3.81. The van der Waals surface area contributed by atoms with Crippen molar-refractivity contribution in [3.63, 3.8) is 0 Å². The van der Waals surface area contributed by atoms with Crippen LogP contribution in [0.4, 0.5) is 5.69 Å². The Labute approximate surface area is 118 Å². The smallest absolute Gasteiger partial charge is 0.249 e. The van der Waals surface area contributed by atoms with E-state index >= 15 is 0 Å². The number of nitrogens with one attached hydrogen (secondary N) is 2. The van der Waals surface area contributed by atoms with E-state index in [9.17, 15) is 9.59 Å². The van der Waals surface area contributed by atoms with Crippen LogP contribution < -0.4 is 10.6 Å². The van der Waals surface area contributed by atoms with Crippen LogP contribution in [-0.2, 0) is 14.3 Å². The molecular formula is C15H20N2O3. The van der Waals surface area contributed by atoms with E-state index < -0.39 is 6.10 Å². The van der Waals surface area contributed by atoms with Crippen molar-refractivity contribution in [2.45, 2.75) is 32.8 Å². The highest BCUT2D eigenvalue weighted by Crippen LogP contribution is 2.16. The molecule has 0 radical (unpaired) electrons. The molecule has 5 nitrogen and oxygen atoms in total. The predicted molar refractivity (Wildman–Crippen MR) is 76.5 cm³/mol. The topological polar surface area (TPSA) is 67.4 Å². The largest absolute Gasteiger partial charge is 0.368 e. The molecule has 1 heterocycles. The molecule has 2 N–H and O–H groups in total. The Bertz CT molecular complexity index is 508. The molecule has 0 aromatic heterocycles. The average molecular weight is 276 g/mol. The maximum Gasteiger partial charge on any atom is 0.249 e. The molecule has 0 spiro atoms. The van der Waals surface area contributed by atoms with Gasteiger partial charge in [-0.3, -0.25) is 9.59 Å². The maximum atomic E-state index is 11.8. The van der Waals surface area contributed by atoms with Crippen molar-refractivity contribution in [1.29, 1.82) is 0 Å². The Morgan fingerprint density at radius 1 is 1.35 bits per heavy atom. The first kappa shape index (κ1) is 14.5. The monoisotopic (exact) mass is 276 g/mol. The summed E-state index contributed by atoms with van der Waals surface area (Å²) in [5, 5.41) is 5.41. The Morgan fingerprint density at radius 3 is 2.85 bits per heavy atom. The number of carbonyl (C=O) groups is 2. The zero-order valence-corrected chi connectivity index (χ0v) is 11.9. The van der Waals surface area contributed by atoms with Crippen molar-refractivity contribution < 1.29 is 14.3 Å². The van der Waals surface area contributed by atoms with Gasteiger partial charge in [-0.25, -0.2) is 0 Å². The van der Waals surface area contributed by atoms with E-state index in [-0.39, 0.29) is 18.4 Å². The van der Waals surface area contributed by atoms with Crippen LogP contribution >= 0.6 is 0 Å². The maximum absolute atomic E-state index is 11.8. The molecule has 1 aliphatic heterocycles. The van der Waals surface area contributed by atoms with E-state index in [1.165, 1.54) is 0 Å². The fourth-order valence-corrected chi connectivity index (χ4v) is 2.13. The normalized spacial score (nSPS) is 17.8. The predicted octanol–water partition coefficient (Wildman–Crippen LogP) is 1.54. The van der Waals surface area contributed by atoms with Crippen LogP contribution in [0.5, 0.6) is 0 Å². The number of hydrogen-bond donors (Lipinski definition) is 2. The fraction of sp³-hybridized carbons (Fsp3) is 0.467. The van der Waals surface area contributed by atoms with Crippen LogP contribution in [0.2, 0.25) is 0 Å². The molecular weight excluding hydrogens is 256 g/mol. The van der Waals surface area contributed by atoms with Crippen LogP contribution in [0.1, 0.15) is 24.0 Å². The van der Waals surface area contributed by atoms with E-state index in [2.05, 4.69) is 10.6 Å². The lowest BCUT2D eigenvalue weighted by Crippen LogP contribution is -2.39. The first-order valence-corrected chi connectivity index (χ1v) is 6.82. The lowest BCUT2D eigenvalue weighted by molar-refractivity contribution is -0.131. The minimum absolute atomic E-state index is 0.0356. The zero-order chi connectivity index (χ0) is 14.5. The van der Waals surface area contributed by atoms with Crippen molar-refractivity contribution >= 4 is 17.5 Å². The molecule has 1 fully saturated rings. The van der Waals surface area contributed by atoms with Crippen molar-refractivity contribution in [3.05, 3.63) is 29.3 Å². The van der Waals surface area contributed by atoms with Gasteiger partial charge in [0, 0.05) is 12.3 Å². The van der Waals surface area contributed by atoms with Gasteiger partial charge >= 0.3 is 0 Å². The summed E-state index contributed by atoms with van der Waals surface area (Å²) in [6.07, 6.45) is 1.22. The summed E-state index contributed by atoms with van der Waals surface area (Å²) < 4.78 is 5.26. The van der Waals surface area contributed by atoms with Gasteiger partial charge in [0.1, 0.15) is 6.10 Å². The van der Waals surface area contributed by atoms with Crippen molar-refractivity contribution in [2.75, 3.05) is 18.5 Å². The van der Waals surface area contributed by atoms with Gasteiger partial charge in [0.15, 0.2) is 0 Å². The molecule has 0 aliphatic carbocycles. The number of rotatable bonds is 4. The average Bonchev–Trinajstić information content (AvgIpc) is 2.94. The second-order valence-corrected chi connectivity index (χ2v) is 5.09. The number of benzene rings is 1. The van der Waals surface area contributed by atoms with Crippen molar-refractivity contribution in [1.82, 2.24) is 5.32 Å². The summed E-state index contributed by atoms with van der Waals surface area (Å²) >= 11 is 0. The van der Waals surface area contributed by atoms with E-state index in [1.54, 1.807) is 0 Å². The Balaban J connectivity index is 1.83. The number of amides is 2. The van der Waals surface area contributed by atoms with Crippen LogP contribution in [0.15, 0.2) is 18.2 Å². The molecule has 108 valence electrons. The molecule has 0 saturated carbocycles. The third-order valence-electron chi connectivity index (χ3n) is 3.31. The van der Waals surface area contributed by atoms with Crippen LogP contribution in [-0.4, -0.2) is 31.1 Å². The summed E-state index contributed by atoms with van der Waals surface area (Å²) in [4.78, 5) is 23.5. The Kier molecular flexibility index (Phi) is 4.74. The zero-order valence-electron chi connectivity index (χ0n) is 11.9. The Hall–Kier alpha value is -1.88. The number of carbonyl (C=O) groups excluding carboxylic acids is 2. The first-order valence-electron chi connectivity index (χ1n) is 6.82. The second-order valence-electron chi connectivity index (χ2n) is 5.09. The quantitative estimate of drug-likeness (QED) is 0.876. The van der Waals surface area contributed by atoms with E-state index in [1.807, 2.05) is 32.0 Å². The minimum Gasteiger partial charge on any atom is -0.368 e. The number of anilines is 1. The van der Waals surface area contributed by atoms with Crippen molar-refractivity contribution in [2.24, 2.45) is 0 Å². The van der Waals surface area contributed by atoms with Gasteiger partial charge < -0.3 is 15.4 Å². The number of aryl methyl sites for hydroxylation is 2. The van der Waals surface area contributed by atoms with Gasteiger partial charge in [0.25, 0.3) is 0 Å². The standard InChI is InChI=1S/C15H20N2O3/c1-10-5-6-11(2)12(8-10)17-14(18)9-16-15(19)13-4-3-7-20-13/h5-6,8,13H,3-4,7,9H2,1-2H3,(H,16,19)(H,17,18). The van der Waals surface area contributed by atoms with Gasteiger partial charge in [0.2, 0.25) is 11.8 Å². The molecule has 1 atom stereocenters. The summed E-state index contributed by atoms with van der Waals surface area (Å²) in [6.45, 7) is 4.48. The van der Waals surface area contributed by atoms with Crippen LogP contribution in [0.3, 0.4) is 0 Å². The molecule has 0 bridgehead atoms. The summed E-state index contributed by atoms with van der Waals surface area (Å²) in [7, 11) is 0. The van der Waals surface area contributed by atoms with Gasteiger partial charge in [0.05, 0.1) is 6.54 Å². The molecule has 1 unspecified atom stereocenters. The minimum atomic E-state index is -0.400. The molecule has 1 aromatic rings. The first-order chi connectivity index (χ1) is 9.56. The summed E-state index contributed by atoms with van der Waals surface area (Å²) in [5.74, 6) is -0.441. The van der Waals surface area contributed by atoms with Gasteiger partial charge in [-0.2, -0.15) is 0 Å². The van der Waals surface area contributed by atoms with Crippen molar-refractivity contribution in [3.8, 4) is 0 Å². The number of hydrogen-bond acceptors (Lipinski definition) is 3. The highest BCUT2D eigenvalue weighted by atomic mass is 16.5. The van der Waals surface area contributed by atoms with E-state index in [4.69, 9.17) is 4.74 Å². The number of ether oxygens (including phenoxy) is 1. The summed E-state index contributed by atoms with van der Waals surface area (Å²) in [6, 6.07) is 5.86. The van der Waals surface area contributed by atoms with Gasteiger partial charge in [-0.1, -0.05) is 12.1 Å². The molecule has 1 aromatic carbocycles. The molecule has 1 aliphatic rings. The van der Waals surface area contributed by atoms with E-state index in [0.29, 0.717) is 6.61 Å².